The molecule has 1 fully saturated rings. The lowest BCUT2D eigenvalue weighted by Gasteiger charge is -2.33. The molecule has 0 bridgehead atoms. The summed E-state index contributed by atoms with van der Waals surface area (Å²) < 4.78 is 5.16. The van der Waals surface area contributed by atoms with Crippen LogP contribution in [0, 0.1) is 11.8 Å². The first-order valence-electron chi connectivity index (χ1n) is 6.38. The first-order chi connectivity index (χ1) is 7.13. The van der Waals surface area contributed by atoms with Gasteiger partial charge in [0.2, 0.25) is 0 Å². The summed E-state index contributed by atoms with van der Waals surface area (Å²) >= 11 is 0. The largest absolute Gasteiger partial charge is 0.383 e. The molecule has 3 unspecified atom stereocenters. The van der Waals surface area contributed by atoms with Crippen LogP contribution < -0.4 is 5.32 Å². The number of nitrogens with one attached hydrogen (secondary N) is 1. The molecule has 1 aliphatic carbocycles. The molecule has 0 amide bonds. The standard InChI is InChI=1S/C13H27NO/c1-10(2)12-6-5-7-13(8-12)14-11(3)9-15-4/h10-14H,5-9H2,1-4H3. The van der Waals surface area contributed by atoms with Crippen LogP contribution in [0.15, 0.2) is 0 Å². The molecule has 2 nitrogen and oxygen atoms in total. The van der Waals surface area contributed by atoms with E-state index in [0.717, 1.165) is 24.5 Å². The SMILES string of the molecule is COCC(C)NC1CCCC(C(C)C)C1. The van der Waals surface area contributed by atoms with Gasteiger partial charge in [0.1, 0.15) is 0 Å². The Balaban J connectivity index is 2.29. The first-order valence-corrected chi connectivity index (χ1v) is 6.38. The minimum atomic E-state index is 0.492. The molecule has 0 aromatic heterocycles. The summed E-state index contributed by atoms with van der Waals surface area (Å²) in [6.45, 7) is 7.74. The zero-order valence-electron chi connectivity index (χ0n) is 10.8. The van der Waals surface area contributed by atoms with Crippen molar-refractivity contribution < 1.29 is 4.74 Å². The molecule has 0 spiro atoms. The number of methoxy groups -OCH3 is 1. The van der Waals surface area contributed by atoms with E-state index in [2.05, 4.69) is 26.1 Å². The minimum Gasteiger partial charge on any atom is -0.383 e. The second kappa shape index (κ2) is 6.49. The predicted molar refractivity (Wildman–Crippen MR) is 65.1 cm³/mol. The van der Waals surface area contributed by atoms with E-state index in [1.807, 2.05) is 0 Å². The molecular weight excluding hydrogens is 186 g/mol. The fraction of sp³-hybridized carbons (Fsp3) is 1.00. The van der Waals surface area contributed by atoms with Crippen molar-refractivity contribution in [3.63, 3.8) is 0 Å². The molecule has 0 aromatic rings. The number of hydrogen-bond donors (Lipinski definition) is 1. The fourth-order valence-corrected chi connectivity index (χ4v) is 2.68. The molecule has 1 N–H and O–H groups in total. The topological polar surface area (TPSA) is 21.3 Å². The second-order valence-electron chi connectivity index (χ2n) is 5.39. The van der Waals surface area contributed by atoms with E-state index >= 15 is 0 Å². The van der Waals surface area contributed by atoms with Crippen LogP contribution in [0.25, 0.3) is 0 Å². The smallest absolute Gasteiger partial charge is 0.0613 e. The van der Waals surface area contributed by atoms with Crippen molar-refractivity contribution in [3.8, 4) is 0 Å². The van der Waals surface area contributed by atoms with E-state index in [9.17, 15) is 0 Å². The number of ether oxygens (including phenoxy) is 1. The second-order valence-corrected chi connectivity index (χ2v) is 5.39. The molecule has 0 heterocycles. The summed E-state index contributed by atoms with van der Waals surface area (Å²) in [7, 11) is 1.77. The Bertz CT molecular complexity index is 170. The maximum Gasteiger partial charge on any atom is 0.0613 e. The number of rotatable bonds is 5. The summed E-state index contributed by atoms with van der Waals surface area (Å²) in [5, 5.41) is 3.68. The van der Waals surface area contributed by atoms with E-state index in [-0.39, 0.29) is 0 Å². The summed E-state index contributed by atoms with van der Waals surface area (Å²) in [5.74, 6) is 1.76. The molecule has 15 heavy (non-hydrogen) atoms. The van der Waals surface area contributed by atoms with Crippen molar-refractivity contribution in [3.05, 3.63) is 0 Å². The highest BCUT2D eigenvalue weighted by atomic mass is 16.5. The number of hydrogen-bond acceptors (Lipinski definition) is 2. The highest BCUT2D eigenvalue weighted by Gasteiger charge is 2.24. The van der Waals surface area contributed by atoms with Gasteiger partial charge in [0.05, 0.1) is 6.61 Å². The van der Waals surface area contributed by atoms with Crippen LogP contribution in [0.4, 0.5) is 0 Å². The molecule has 0 saturated heterocycles. The Morgan fingerprint density at radius 1 is 1.27 bits per heavy atom. The molecule has 1 saturated carbocycles. The Morgan fingerprint density at radius 2 is 2.00 bits per heavy atom. The Hall–Kier alpha value is -0.0800. The monoisotopic (exact) mass is 213 g/mol. The van der Waals surface area contributed by atoms with Crippen LogP contribution in [0.1, 0.15) is 46.5 Å². The van der Waals surface area contributed by atoms with Gasteiger partial charge < -0.3 is 10.1 Å². The van der Waals surface area contributed by atoms with Gasteiger partial charge in [-0.15, -0.1) is 0 Å². The first kappa shape index (κ1) is 13.0. The molecule has 1 aliphatic rings. The Kier molecular flexibility index (Phi) is 5.62. The summed E-state index contributed by atoms with van der Waals surface area (Å²) in [4.78, 5) is 0. The lowest BCUT2D eigenvalue weighted by atomic mass is 9.79. The molecule has 1 rings (SSSR count). The third-order valence-electron chi connectivity index (χ3n) is 3.59. The van der Waals surface area contributed by atoms with E-state index in [1.54, 1.807) is 7.11 Å². The highest BCUT2D eigenvalue weighted by Crippen LogP contribution is 2.30. The third kappa shape index (κ3) is 4.52. The highest BCUT2D eigenvalue weighted by molar-refractivity contribution is 4.81. The summed E-state index contributed by atoms with van der Waals surface area (Å²) in [5.41, 5.74) is 0. The van der Waals surface area contributed by atoms with E-state index in [1.165, 1.54) is 25.7 Å². The predicted octanol–water partition coefficient (Wildman–Crippen LogP) is 2.83. The van der Waals surface area contributed by atoms with Crippen LogP contribution in [0.5, 0.6) is 0 Å². The maximum atomic E-state index is 5.16. The lowest BCUT2D eigenvalue weighted by molar-refractivity contribution is 0.151. The van der Waals surface area contributed by atoms with Crippen molar-refractivity contribution in [2.24, 2.45) is 11.8 Å². The quantitative estimate of drug-likeness (QED) is 0.758. The van der Waals surface area contributed by atoms with Crippen molar-refractivity contribution in [2.75, 3.05) is 13.7 Å². The van der Waals surface area contributed by atoms with Gasteiger partial charge >= 0.3 is 0 Å². The van der Waals surface area contributed by atoms with E-state index < -0.39 is 0 Å². The molecule has 0 radical (unpaired) electrons. The van der Waals surface area contributed by atoms with Gasteiger partial charge in [0, 0.05) is 19.2 Å². The van der Waals surface area contributed by atoms with Gasteiger partial charge in [-0.2, -0.15) is 0 Å². The van der Waals surface area contributed by atoms with Gasteiger partial charge in [0.25, 0.3) is 0 Å². The van der Waals surface area contributed by atoms with E-state index in [4.69, 9.17) is 4.74 Å². The molecule has 0 aromatic carbocycles. The Morgan fingerprint density at radius 3 is 2.60 bits per heavy atom. The van der Waals surface area contributed by atoms with Gasteiger partial charge in [-0.25, -0.2) is 0 Å². The van der Waals surface area contributed by atoms with Crippen LogP contribution in [0.2, 0.25) is 0 Å². The van der Waals surface area contributed by atoms with Crippen molar-refractivity contribution in [1.29, 1.82) is 0 Å². The van der Waals surface area contributed by atoms with Crippen LogP contribution in [-0.2, 0) is 4.74 Å². The average Bonchev–Trinajstić information content (AvgIpc) is 2.18. The van der Waals surface area contributed by atoms with E-state index in [0.29, 0.717) is 6.04 Å². The molecule has 0 aliphatic heterocycles. The van der Waals surface area contributed by atoms with Crippen molar-refractivity contribution >= 4 is 0 Å². The molecule has 90 valence electrons. The Labute approximate surface area is 94.8 Å². The zero-order valence-corrected chi connectivity index (χ0v) is 10.8. The molecule has 2 heteroatoms. The van der Waals surface area contributed by atoms with Crippen LogP contribution >= 0.6 is 0 Å². The van der Waals surface area contributed by atoms with Gasteiger partial charge in [-0.1, -0.05) is 26.7 Å². The normalized spacial score (nSPS) is 29.4. The van der Waals surface area contributed by atoms with Gasteiger partial charge in [0.15, 0.2) is 0 Å². The maximum absolute atomic E-state index is 5.16. The molecular formula is C13H27NO. The minimum absolute atomic E-state index is 0.492. The van der Waals surface area contributed by atoms with Crippen LogP contribution in [-0.4, -0.2) is 25.8 Å². The van der Waals surface area contributed by atoms with Gasteiger partial charge in [-0.3, -0.25) is 0 Å². The zero-order chi connectivity index (χ0) is 11.3. The lowest BCUT2D eigenvalue weighted by Crippen LogP contribution is -2.42. The van der Waals surface area contributed by atoms with Crippen LogP contribution in [0.3, 0.4) is 0 Å². The van der Waals surface area contributed by atoms with Crippen molar-refractivity contribution in [1.82, 2.24) is 5.32 Å². The van der Waals surface area contributed by atoms with Crippen molar-refractivity contribution in [2.45, 2.75) is 58.5 Å². The average molecular weight is 213 g/mol. The third-order valence-corrected chi connectivity index (χ3v) is 3.59. The summed E-state index contributed by atoms with van der Waals surface area (Å²) in [6, 6.07) is 1.21. The summed E-state index contributed by atoms with van der Waals surface area (Å²) in [6.07, 6.45) is 5.51. The fourth-order valence-electron chi connectivity index (χ4n) is 2.68. The van der Waals surface area contributed by atoms with Gasteiger partial charge in [-0.05, 0) is 31.6 Å². The molecule has 3 atom stereocenters.